The number of carbonyl (C=O) groups is 5. The number of amides is 4. The second kappa shape index (κ2) is 37.9. The molecule has 0 unspecified atom stereocenters. The third-order valence-corrected chi connectivity index (χ3v) is 17.9. The number of alkyl carbamates (subject to hydrolysis) is 2. The molecule has 0 aliphatic carbocycles. The van der Waals surface area contributed by atoms with Crippen molar-refractivity contribution in [3.63, 3.8) is 0 Å². The maximum Gasteiger partial charge on any atom is 0.418 e. The fourth-order valence-electron chi connectivity index (χ4n) is 13.4. The molecule has 0 saturated carbocycles. The van der Waals surface area contributed by atoms with Crippen molar-refractivity contribution in [3.8, 4) is 0 Å². The van der Waals surface area contributed by atoms with Crippen molar-refractivity contribution in [2.24, 2.45) is 23.5 Å². The monoisotopic (exact) mass is 1590 g/mol. The minimum absolute atomic E-state index is 0. The van der Waals surface area contributed by atoms with Gasteiger partial charge in [0.05, 0.1) is 39.7 Å². The summed E-state index contributed by atoms with van der Waals surface area (Å²) in [5.74, 6) is -0.166. The van der Waals surface area contributed by atoms with E-state index in [1.54, 1.807) is 136 Å². The normalized spacial score (nSPS) is 18.7. The van der Waals surface area contributed by atoms with Crippen LogP contribution in [-0.4, -0.2) is 166 Å². The number of hydrogen-bond donors (Lipinski definition) is 5. The summed E-state index contributed by atoms with van der Waals surface area (Å²) in [4.78, 5) is 81.7. The zero-order chi connectivity index (χ0) is 78.9. The predicted octanol–water partition coefficient (Wildman–Crippen LogP) is 16.4. The topological polar surface area (TPSA) is 241 Å². The minimum Gasteiger partial charge on any atom is -0.481 e. The van der Waals surface area contributed by atoms with Gasteiger partial charge in [0.25, 0.3) is 0 Å². The van der Waals surface area contributed by atoms with Gasteiger partial charge >= 0.3 is 36.7 Å². The molecule has 6 aromatic rings. The summed E-state index contributed by atoms with van der Waals surface area (Å²) >= 11 is 0. The molecule has 0 bridgehead atoms. The lowest BCUT2D eigenvalue weighted by Crippen LogP contribution is -2.54. The number of hydrogen-bond acceptors (Lipinski definition) is 15. The molecule has 6 heterocycles. The standard InChI is InChI=1S/C27H37F3N4O3.C22H29F3N4O.C17H20F3N3.C10H19NO4.3ClH/c1-17-13-18(33(7)22(35)14-26(5,6)32-24(36)37-25(2,3)4)16-34(15-17)21-11-10-20(27(28,29)30)23-19(21)9-8-12-31-23;1-14-10-15(28(4)19(30)11-21(2,3)26)13-29(12-14)18-8-7-17(22(23,24)25)20-16(18)6-5-9-27-20;1-11-8-12(21-2)10-23(9-11)15-6-5-14(17(18,19)20)16-13(15)4-3-7-22-16;1-9(2,3)15-8(14)11-10(4,5)6-7(12)13;;;/h8-12,17-18H,13-16H2,1-7H3,(H,32,36);5-9,14-15H,10-13,26H2,1-4H3;3-7,11-12,21H,8-10H2,1-2H3;6H2,1-5H3,(H,11,14)(H,12,13);3*1H/t17-,18+;14-,15+;11-,12+;;;;/m000..../s1. The van der Waals surface area contributed by atoms with Crippen LogP contribution in [0.25, 0.3) is 32.7 Å². The van der Waals surface area contributed by atoms with Gasteiger partial charge < -0.3 is 60.8 Å². The molecule has 9 rings (SSSR count). The number of aliphatic carboxylic acids is 1. The van der Waals surface area contributed by atoms with Gasteiger partial charge in [0.2, 0.25) is 11.8 Å². The summed E-state index contributed by atoms with van der Waals surface area (Å²) in [6.07, 6.45) is -7.58. The number of alkyl halides is 9. The van der Waals surface area contributed by atoms with Crippen LogP contribution < -0.4 is 36.4 Å². The zero-order valence-corrected chi connectivity index (χ0v) is 67.1. The van der Waals surface area contributed by atoms with E-state index in [0.717, 1.165) is 56.2 Å². The van der Waals surface area contributed by atoms with Crippen molar-refractivity contribution >= 4 is 117 Å². The number of aromatic nitrogens is 3. The molecule has 0 radical (unpaired) electrons. The van der Waals surface area contributed by atoms with Gasteiger partial charge in [0, 0.05) is 153 Å². The van der Waals surface area contributed by atoms with Crippen LogP contribution in [0.4, 0.5) is 66.2 Å². The lowest BCUT2D eigenvalue weighted by atomic mass is 9.92. The molecule has 6 N–H and O–H groups in total. The molecule has 3 saturated heterocycles. The Balaban J connectivity index is 0.000000386. The van der Waals surface area contributed by atoms with Gasteiger partial charge in [0.15, 0.2) is 0 Å². The number of pyridine rings is 3. The van der Waals surface area contributed by atoms with Crippen molar-refractivity contribution in [2.75, 3.05) is 75.1 Å². The first-order valence-corrected chi connectivity index (χ1v) is 35.1. The van der Waals surface area contributed by atoms with Gasteiger partial charge in [-0.25, -0.2) is 9.59 Å². The predicted molar refractivity (Wildman–Crippen MR) is 413 cm³/mol. The number of nitrogens with one attached hydrogen (secondary N) is 3. The van der Waals surface area contributed by atoms with Gasteiger partial charge in [-0.05, 0) is 200 Å². The number of nitrogens with two attached hydrogens (primary N) is 1. The van der Waals surface area contributed by atoms with E-state index in [1.807, 2.05) is 25.8 Å². The number of fused-ring (bicyclic) bond motifs is 3. The number of likely N-dealkylation sites (N-methyl/N-ethyl adjacent to an activating group) is 3. The second-order valence-electron chi connectivity index (χ2n) is 32.1. The van der Waals surface area contributed by atoms with E-state index in [9.17, 15) is 63.5 Å². The van der Waals surface area contributed by atoms with Crippen LogP contribution in [0.15, 0.2) is 91.4 Å². The molecule has 108 heavy (non-hydrogen) atoms. The van der Waals surface area contributed by atoms with Crippen LogP contribution in [0.2, 0.25) is 0 Å². The average molecular weight is 1600 g/mol. The molecular formula is C76H108Cl3F9N12O8. The Labute approximate surface area is 646 Å². The van der Waals surface area contributed by atoms with E-state index < -0.39 is 81.2 Å². The van der Waals surface area contributed by atoms with Crippen LogP contribution in [0, 0.1) is 17.8 Å². The summed E-state index contributed by atoms with van der Waals surface area (Å²) < 4.78 is 131. The van der Waals surface area contributed by atoms with Crippen molar-refractivity contribution in [1.29, 1.82) is 0 Å². The lowest BCUT2D eigenvalue weighted by Gasteiger charge is -2.42. The molecule has 604 valence electrons. The van der Waals surface area contributed by atoms with E-state index >= 15 is 0 Å². The van der Waals surface area contributed by atoms with Crippen LogP contribution in [0.5, 0.6) is 0 Å². The van der Waals surface area contributed by atoms with E-state index in [2.05, 4.69) is 61.5 Å². The number of ether oxygens (including phenoxy) is 2. The number of piperidine rings is 3. The fourth-order valence-corrected chi connectivity index (χ4v) is 13.4. The molecule has 4 amide bonds. The van der Waals surface area contributed by atoms with E-state index in [4.69, 9.17) is 20.3 Å². The Morgan fingerprint density at radius 1 is 0.481 bits per heavy atom. The van der Waals surface area contributed by atoms with Crippen LogP contribution in [0.3, 0.4) is 0 Å². The van der Waals surface area contributed by atoms with Gasteiger partial charge in [-0.3, -0.25) is 29.3 Å². The highest BCUT2D eigenvalue weighted by Gasteiger charge is 2.40. The van der Waals surface area contributed by atoms with Crippen molar-refractivity contribution in [2.45, 2.75) is 207 Å². The number of anilines is 3. The number of benzene rings is 3. The van der Waals surface area contributed by atoms with Crippen LogP contribution in [0.1, 0.15) is 159 Å². The van der Waals surface area contributed by atoms with E-state index in [1.165, 1.54) is 30.7 Å². The molecule has 3 aliphatic rings. The molecule has 3 aromatic carbocycles. The van der Waals surface area contributed by atoms with Gasteiger partial charge in [0.1, 0.15) is 11.2 Å². The quantitative estimate of drug-likeness (QED) is 0.0637. The van der Waals surface area contributed by atoms with Crippen LogP contribution in [-0.2, 0) is 42.4 Å². The second-order valence-corrected chi connectivity index (χ2v) is 32.1. The fraction of sp³-hybridized carbons (Fsp3) is 0.579. The van der Waals surface area contributed by atoms with Crippen molar-refractivity contribution in [3.05, 3.63) is 108 Å². The Hall–Kier alpha value is -7.60. The first-order valence-electron chi connectivity index (χ1n) is 35.1. The van der Waals surface area contributed by atoms with Crippen molar-refractivity contribution < 1.29 is 78.1 Å². The molecule has 6 atom stereocenters. The molecular weight excluding hydrogens is 1490 g/mol. The van der Waals surface area contributed by atoms with E-state index in [-0.39, 0.29) is 109 Å². The maximum atomic E-state index is 13.6. The first-order chi connectivity index (χ1) is 48.2. The summed E-state index contributed by atoms with van der Waals surface area (Å²) in [6, 6.07) is 18.1. The Morgan fingerprint density at radius 3 is 1.08 bits per heavy atom. The Morgan fingerprint density at radius 2 is 0.787 bits per heavy atom. The van der Waals surface area contributed by atoms with Gasteiger partial charge in [-0.1, -0.05) is 20.8 Å². The lowest BCUT2D eigenvalue weighted by molar-refractivity contribution is -0.139. The number of halogens is 12. The van der Waals surface area contributed by atoms with Gasteiger partial charge in [-0.2, -0.15) is 39.5 Å². The summed E-state index contributed by atoms with van der Waals surface area (Å²) in [6.45, 7) is 31.3. The SMILES string of the molecule is CC(C)(CC(=O)O)NC(=O)OC(C)(C)C.CN[C@@H]1C[C@H](C)CN(c2ccc(C(F)(F)F)c3ncccc23)C1.C[C@H]1C[C@@H](N(C)C(=O)CC(C)(C)N)CN(c2ccc(C(F)(F)F)c3ncccc23)C1.C[C@H]1C[C@@H](N(C)C(=O)CC(C)(C)NC(=O)OC(C)(C)C)CN(c2ccc(C(F)(F)F)c3ncccc23)C1.Cl.Cl.Cl. The smallest absolute Gasteiger partial charge is 0.418 e. The highest BCUT2D eigenvalue weighted by Crippen LogP contribution is 2.43. The summed E-state index contributed by atoms with van der Waals surface area (Å²) in [7, 11) is 5.44. The third-order valence-electron chi connectivity index (χ3n) is 17.9. The van der Waals surface area contributed by atoms with Crippen molar-refractivity contribution in [1.82, 2.24) is 40.7 Å². The summed E-state index contributed by atoms with van der Waals surface area (Å²) in [5.41, 5.74) is 2.46. The maximum absolute atomic E-state index is 13.6. The molecule has 3 aromatic heterocycles. The number of carboxylic acids is 1. The number of rotatable bonds is 14. The third kappa shape index (κ3) is 27.8. The number of carboxylic acid groups (broad SMARTS) is 1. The summed E-state index contributed by atoms with van der Waals surface area (Å²) in [5, 5.41) is 18.6. The number of carbonyl (C=O) groups excluding carboxylic acids is 4. The zero-order valence-electron chi connectivity index (χ0n) is 64.7. The molecule has 3 fully saturated rings. The van der Waals surface area contributed by atoms with Crippen LogP contribution >= 0.6 is 37.2 Å². The minimum atomic E-state index is -4.50. The van der Waals surface area contributed by atoms with Gasteiger partial charge in [-0.15, -0.1) is 37.2 Å². The Kier molecular flexibility index (Phi) is 33.2. The van der Waals surface area contributed by atoms with E-state index in [0.29, 0.717) is 65.7 Å². The average Bonchev–Trinajstić information content (AvgIpc) is 0.775. The molecule has 20 nitrogen and oxygen atoms in total. The first kappa shape index (κ1) is 94.6. The molecule has 32 heteroatoms. The number of nitrogens with zero attached hydrogens (tertiary/aromatic N) is 8. The largest absolute Gasteiger partial charge is 0.481 e. The highest BCUT2D eigenvalue weighted by atomic mass is 35.5. The highest BCUT2D eigenvalue weighted by molar-refractivity contribution is 5.96. The molecule has 0 spiro atoms. The molecule has 3 aliphatic heterocycles. The Bertz CT molecular complexity index is 4000.